The molecule has 5 aromatic rings. The molecule has 2 atom stereocenters. The number of fused-ring (bicyclic) bond motifs is 2. The molecule has 0 bridgehead atoms. The molecule has 2 aliphatic rings. The summed E-state index contributed by atoms with van der Waals surface area (Å²) in [5.41, 5.74) is 3.08. The number of benzene rings is 5. The molecule has 7 rings (SSSR count). The highest BCUT2D eigenvalue weighted by Crippen LogP contribution is 2.48. The lowest BCUT2D eigenvalue weighted by Gasteiger charge is -2.35. The second-order valence-corrected chi connectivity index (χ2v) is 13.2. The Kier molecular flexibility index (Phi) is 6.85. The zero-order valence-electron chi connectivity index (χ0n) is 25.8. The zero-order chi connectivity index (χ0) is 31.2. The molecule has 0 aromatic heterocycles. The van der Waals surface area contributed by atoms with E-state index in [1.165, 1.54) is 9.80 Å². The summed E-state index contributed by atoms with van der Waals surface area (Å²) in [5, 5.41) is 6.73. The lowest BCUT2D eigenvalue weighted by Crippen LogP contribution is -2.47. The quantitative estimate of drug-likeness (QED) is 0.0778. The van der Waals surface area contributed by atoms with Crippen LogP contribution in [0.3, 0.4) is 0 Å². The van der Waals surface area contributed by atoms with Crippen LogP contribution in [0.1, 0.15) is 108 Å². The molecular weight excluding hydrogens is 615 g/mol. The molecule has 5 aromatic carbocycles. The van der Waals surface area contributed by atoms with E-state index in [4.69, 9.17) is 0 Å². The van der Waals surface area contributed by atoms with Gasteiger partial charge in [0.1, 0.15) is 7.85 Å². The number of hydrogen-bond donors (Lipinski definition) is 0. The summed E-state index contributed by atoms with van der Waals surface area (Å²) in [6.45, 7) is 8.18. The number of amides is 4. The van der Waals surface area contributed by atoms with E-state index in [0.29, 0.717) is 45.9 Å². The van der Waals surface area contributed by atoms with Gasteiger partial charge in [0, 0.05) is 60.4 Å². The van der Waals surface area contributed by atoms with E-state index >= 15 is 0 Å². The zero-order valence-corrected chi connectivity index (χ0v) is 27.4. The molecular formula is C36H34BBrN2O4. The highest BCUT2D eigenvalue weighted by molar-refractivity contribution is 9.10. The van der Waals surface area contributed by atoms with Crippen LogP contribution in [0.25, 0.3) is 43.1 Å². The Morgan fingerprint density at radius 2 is 1.02 bits per heavy atom. The minimum atomic E-state index is -0.256. The van der Waals surface area contributed by atoms with Crippen molar-refractivity contribution in [2.45, 2.75) is 78.3 Å². The maximum atomic E-state index is 14.1. The van der Waals surface area contributed by atoms with Crippen LogP contribution >= 0.6 is 15.9 Å². The van der Waals surface area contributed by atoms with Crippen LogP contribution in [0.15, 0.2) is 40.9 Å². The van der Waals surface area contributed by atoms with E-state index in [-0.39, 0.29) is 35.7 Å². The van der Waals surface area contributed by atoms with Gasteiger partial charge >= 0.3 is 0 Å². The molecule has 0 spiro atoms. The van der Waals surface area contributed by atoms with Crippen molar-refractivity contribution in [2.24, 2.45) is 0 Å². The third-order valence-electron chi connectivity index (χ3n) is 9.97. The molecule has 0 N–H and O–H groups in total. The monoisotopic (exact) mass is 648 g/mol. The second-order valence-electron chi connectivity index (χ2n) is 12.4. The van der Waals surface area contributed by atoms with Gasteiger partial charge in [-0.25, -0.2) is 0 Å². The Morgan fingerprint density at radius 1 is 0.591 bits per heavy atom. The molecule has 0 fully saturated rings. The van der Waals surface area contributed by atoms with Gasteiger partial charge < -0.3 is 0 Å². The first kappa shape index (κ1) is 29.0. The molecule has 44 heavy (non-hydrogen) atoms. The summed E-state index contributed by atoms with van der Waals surface area (Å²) >= 11 is 3.82. The van der Waals surface area contributed by atoms with E-state index in [0.717, 1.165) is 67.9 Å². The lowest BCUT2D eigenvalue weighted by molar-refractivity contribution is 0.0510. The predicted molar refractivity (Wildman–Crippen MR) is 183 cm³/mol. The average molecular weight is 649 g/mol. The average Bonchev–Trinajstić information content (AvgIpc) is 3.01. The number of nitrogens with zero attached hydrogens (tertiary/aromatic N) is 2. The standard InChI is InChI=1S/C36H34BBrN2O4/c1-5-9-17(7-3)39-33(41)21-14-12-20-30-26(38)16-24-28-22(34(42)40(36(24)44)18(8-4)10-6-2)13-11-19(32(28)30)29-25(37)15-23(35(39)43)27(21)31(20)29/h11-18H,5-10,37H2,1-4H3. The highest BCUT2D eigenvalue weighted by Gasteiger charge is 2.40. The van der Waals surface area contributed by atoms with Gasteiger partial charge in [-0.2, -0.15) is 0 Å². The van der Waals surface area contributed by atoms with Crippen molar-refractivity contribution in [2.75, 3.05) is 0 Å². The number of carbonyl (C=O) groups excluding carboxylic acids is 4. The third kappa shape index (κ3) is 3.66. The Balaban J connectivity index is 1.58. The number of rotatable bonds is 8. The van der Waals surface area contributed by atoms with Crippen molar-refractivity contribution in [1.29, 1.82) is 0 Å². The first-order valence-electron chi connectivity index (χ1n) is 15.9. The van der Waals surface area contributed by atoms with Gasteiger partial charge in [0.15, 0.2) is 0 Å². The molecule has 0 radical (unpaired) electrons. The number of hydrogen-bond acceptors (Lipinski definition) is 4. The van der Waals surface area contributed by atoms with Crippen LogP contribution in [0.4, 0.5) is 0 Å². The van der Waals surface area contributed by atoms with E-state index in [1.807, 2.05) is 58.1 Å². The van der Waals surface area contributed by atoms with Crippen LogP contribution in [-0.4, -0.2) is 53.4 Å². The van der Waals surface area contributed by atoms with Crippen LogP contribution < -0.4 is 5.46 Å². The first-order valence-corrected chi connectivity index (χ1v) is 16.6. The smallest absolute Gasteiger partial charge is 0.261 e. The molecule has 6 nitrogen and oxygen atoms in total. The Bertz CT molecular complexity index is 1950. The molecule has 222 valence electrons. The SMILES string of the molecule is Bc1cc2c3c(ccc4c5c(Br)cc6c7c(ccc(c1c34)c75)C(=O)N(C(CC)CCC)C6=O)C(=O)N(C(CC)CCC)C2=O. The second kappa shape index (κ2) is 10.4. The van der Waals surface area contributed by atoms with Crippen molar-refractivity contribution in [3.05, 3.63) is 63.1 Å². The number of halogens is 1. The fraction of sp³-hybridized carbons (Fsp3) is 0.333. The van der Waals surface area contributed by atoms with Gasteiger partial charge in [-0.15, -0.1) is 0 Å². The molecule has 0 saturated heterocycles. The lowest BCUT2D eigenvalue weighted by atomic mass is 9.77. The van der Waals surface area contributed by atoms with Gasteiger partial charge in [-0.1, -0.05) is 80.1 Å². The summed E-state index contributed by atoms with van der Waals surface area (Å²) in [4.78, 5) is 59.0. The molecule has 2 heterocycles. The topological polar surface area (TPSA) is 74.8 Å². The summed E-state index contributed by atoms with van der Waals surface area (Å²) < 4.78 is 0.748. The molecule has 0 saturated carbocycles. The van der Waals surface area contributed by atoms with E-state index in [9.17, 15) is 19.2 Å². The minimum Gasteiger partial charge on any atom is -0.271 e. The number of imide groups is 2. The maximum Gasteiger partial charge on any atom is 0.261 e. The number of carbonyl (C=O) groups is 4. The fourth-order valence-electron chi connectivity index (χ4n) is 8.02. The molecule has 0 aliphatic carbocycles. The highest BCUT2D eigenvalue weighted by atomic mass is 79.9. The summed E-state index contributed by atoms with van der Waals surface area (Å²) in [6, 6.07) is 11.1. The normalized spacial score (nSPS) is 16.4. The van der Waals surface area contributed by atoms with Crippen LogP contribution in [0.5, 0.6) is 0 Å². The molecule has 2 unspecified atom stereocenters. The van der Waals surface area contributed by atoms with Crippen LogP contribution in [-0.2, 0) is 0 Å². The van der Waals surface area contributed by atoms with Gasteiger partial charge in [-0.3, -0.25) is 29.0 Å². The summed E-state index contributed by atoms with van der Waals surface area (Å²) in [6.07, 6.45) is 4.69. The van der Waals surface area contributed by atoms with Crippen molar-refractivity contribution in [3.63, 3.8) is 0 Å². The van der Waals surface area contributed by atoms with Gasteiger partial charge in [0.2, 0.25) is 0 Å². The third-order valence-corrected chi connectivity index (χ3v) is 10.6. The van der Waals surface area contributed by atoms with Crippen LogP contribution in [0.2, 0.25) is 0 Å². The van der Waals surface area contributed by atoms with Gasteiger partial charge in [0.25, 0.3) is 23.6 Å². The van der Waals surface area contributed by atoms with Gasteiger partial charge in [-0.05, 0) is 65.4 Å². The van der Waals surface area contributed by atoms with Crippen molar-refractivity contribution in [1.82, 2.24) is 9.80 Å². The van der Waals surface area contributed by atoms with Gasteiger partial charge in [0.05, 0.1) is 0 Å². The maximum absolute atomic E-state index is 14.1. The van der Waals surface area contributed by atoms with Crippen molar-refractivity contribution in [3.8, 4) is 0 Å². The Labute approximate surface area is 265 Å². The minimum absolute atomic E-state index is 0.152. The fourth-order valence-corrected chi connectivity index (χ4v) is 8.66. The largest absolute Gasteiger partial charge is 0.271 e. The van der Waals surface area contributed by atoms with E-state index in [2.05, 4.69) is 29.8 Å². The molecule has 8 heteroatoms. The molecule has 4 amide bonds. The summed E-state index contributed by atoms with van der Waals surface area (Å²) in [7, 11) is 2.00. The molecule has 2 aliphatic heterocycles. The van der Waals surface area contributed by atoms with Crippen LogP contribution in [0, 0.1) is 0 Å². The Morgan fingerprint density at radius 3 is 1.50 bits per heavy atom. The van der Waals surface area contributed by atoms with Crippen molar-refractivity contribution < 1.29 is 19.2 Å². The van der Waals surface area contributed by atoms with E-state index in [1.54, 1.807) is 0 Å². The van der Waals surface area contributed by atoms with E-state index < -0.39 is 0 Å². The van der Waals surface area contributed by atoms with Crippen molar-refractivity contribution >= 4 is 96.0 Å². The predicted octanol–water partition coefficient (Wildman–Crippen LogP) is 7.11. The first-order chi connectivity index (χ1) is 21.2. The summed E-state index contributed by atoms with van der Waals surface area (Å²) in [5.74, 6) is -0.982. The Hall–Kier alpha value is -3.78.